The van der Waals surface area contributed by atoms with Crippen LogP contribution in [-0.2, 0) is 0 Å². The molecular weight excluding hydrogens is 316 g/mol. The summed E-state index contributed by atoms with van der Waals surface area (Å²) < 4.78 is 5.64. The molecule has 1 amide bonds. The van der Waals surface area contributed by atoms with E-state index in [-0.39, 0.29) is 11.7 Å². The largest absolute Gasteiger partial charge is 0.508 e. The minimum absolute atomic E-state index is 0.191. The summed E-state index contributed by atoms with van der Waals surface area (Å²) in [5.41, 5.74) is 4.53. The van der Waals surface area contributed by atoms with Crippen LogP contribution in [0.4, 0.5) is 0 Å². The van der Waals surface area contributed by atoms with Crippen LogP contribution >= 0.6 is 0 Å². The van der Waals surface area contributed by atoms with Crippen LogP contribution in [0.15, 0.2) is 53.6 Å². The number of carbonyl (C=O) groups excluding carboxylic acids is 1. The second-order valence-corrected chi connectivity index (χ2v) is 6.24. The third-order valence-electron chi connectivity index (χ3n) is 3.69. The number of hydrogen-bond acceptors (Lipinski definition) is 4. The number of nitrogens with one attached hydrogen (secondary N) is 1. The lowest BCUT2D eigenvalue weighted by Crippen LogP contribution is -2.19. The van der Waals surface area contributed by atoms with Gasteiger partial charge >= 0.3 is 0 Å². The Morgan fingerprint density at radius 1 is 1.08 bits per heavy atom. The van der Waals surface area contributed by atoms with Crippen LogP contribution in [0.5, 0.6) is 11.5 Å². The highest BCUT2D eigenvalue weighted by molar-refractivity contribution is 6.00. The van der Waals surface area contributed by atoms with Crippen molar-refractivity contribution < 1.29 is 14.6 Å². The van der Waals surface area contributed by atoms with Crippen LogP contribution in [0.3, 0.4) is 0 Å². The Balaban J connectivity index is 1.91. The van der Waals surface area contributed by atoms with Crippen LogP contribution in [0.25, 0.3) is 0 Å². The number of amides is 1. The third-order valence-corrected chi connectivity index (χ3v) is 3.69. The Bertz CT molecular complexity index is 720. The standard InChI is InChI=1S/C20H24N2O3/c1-14(2)12-13-25-19-10-6-17(7-11-19)20(24)22-21-15(3)16-4-8-18(23)9-5-16/h4-11,14,23H,12-13H2,1-3H3,(H,22,24)/b21-15+. The monoisotopic (exact) mass is 340 g/mol. The highest BCUT2D eigenvalue weighted by atomic mass is 16.5. The number of hydrogen-bond donors (Lipinski definition) is 2. The van der Waals surface area contributed by atoms with E-state index in [1.807, 2.05) is 0 Å². The maximum atomic E-state index is 12.2. The van der Waals surface area contributed by atoms with Crippen LogP contribution < -0.4 is 10.2 Å². The number of rotatable bonds is 7. The van der Waals surface area contributed by atoms with Gasteiger partial charge in [0.2, 0.25) is 0 Å². The van der Waals surface area contributed by atoms with Crippen molar-refractivity contribution in [3.8, 4) is 11.5 Å². The zero-order chi connectivity index (χ0) is 18.2. The molecule has 0 heterocycles. The summed E-state index contributed by atoms with van der Waals surface area (Å²) in [6, 6.07) is 13.6. The molecule has 2 rings (SSSR count). The summed E-state index contributed by atoms with van der Waals surface area (Å²) in [4.78, 5) is 12.2. The lowest BCUT2D eigenvalue weighted by atomic mass is 10.1. The normalized spacial score (nSPS) is 11.4. The van der Waals surface area contributed by atoms with Gasteiger partial charge in [0.15, 0.2) is 0 Å². The van der Waals surface area contributed by atoms with E-state index in [1.54, 1.807) is 55.5 Å². The molecule has 5 nitrogen and oxygen atoms in total. The fourth-order valence-corrected chi connectivity index (χ4v) is 2.08. The molecule has 0 saturated heterocycles. The zero-order valence-electron chi connectivity index (χ0n) is 14.8. The number of carbonyl (C=O) groups is 1. The number of benzene rings is 2. The molecule has 0 aliphatic heterocycles. The molecule has 0 fully saturated rings. The van der Waals surface area contributed by atoms with Gasteiger partial charge in [0, 0.05) is 5.56 Å². The Labute approximate surface area is 148 Å². The van der Waals surface area contributed by atoms with Gasteiger partial charge in [-0.3, -0.25) is 4.79 Å². The summed E-state index contributed by atoms with van der Waals surface area (Å²) in [6.45, 7) is 6.76. The first-order valence-electron chi connectivity index (χ1n) is 8.32. The molecule has 25 heavy (non-hydrogen) atoms. The molecule has 0 aromatic heterocycles. The van der Waals surface area contributed by atoms with Gasteiger partial charge in [-0.05, 0) is 73.4 Å². The summed E-state index contributed by atoms with van der Waals surface area (Å²) in [5.74, 6) is 1.25. The van der Waals surface area contributed by atoms with Crippen molar-refractivity contribution in [2.75, 3.05) is 6.61 Å². The Kier molecular flexibility index (Phi) is 6.57. The van der Waals surface area contributed by atoms with Gasteiger partial charge in [-0.15, -0.1) is 0 Å². The van der Waals surface area contributed by atoms with E-state index in [2.05, 4.69) is 24.4 Å². The number of phenols is 1. The van der Waals surface area contributed by atoms with Gasteiger partial charge in [-0.25, -0.2) is 5.43 Å². The molecule has 0 aliphatic carbocycles. The van der Waals surface area contributed by atoms with Crippen molar-refractivity contribution in [1.82, 2.24) is 5.43 Å². The second kappa shape index (κ2) is 8.87. The van der Waals surface area contributed by atoms with E-state index >= 15 is 0 Å². The van der Waals surface area contributed by atoms with Crippen molar-refractivity contribution in [3.05, 3.63) is 59.7 Å². The van der Waals surface area contributed by atoms with Crippen LogP contribution in [0.2, 0.25) is 0 Å². The van der Waals surface area contributed by atoms with Gasteiger partial charge in [-0.2, -0.15) is 5.10 Å². The highest BCUT2D eigenvalue weighted by Gasteiger charge is 2.06. The number of phenolic OH excluding ortho intramolecular Hbond substituents is 1. The number of ether oxygens (including phenoxy) is 1. The van der Waals surface area contributed by atoms with Crippen molar-refractivity contribution in [3.63, 3.8) is 0 Å². The van der Waals surface area contributed by atoms with Gasteiger partial charge in [0.05, 0.1) is 12.3 Å². The second-order valence-electron chi connectivity index (χ2n) is 6.24. The molecular formula is C20H24N2O3. The molecule has 0 spiro atoms. The average Bonchev–Trinajstić information content (AvgIpc) is 2.60. The first kappa shape index (κ1) is 18.5. The fourth-order valence-electron chi connectivity index (χ4n) is 2.08. The average molecular weight is 340 g/mol. The molecule has 0 bridgehead atoms. The predicted octanol–water partition coefficient (Wildman–Crippen LogP) is 3.97. The fraction of sp³-hybridized carbons (Fsp3) is 0.300. The van der Waals surface area contributed by atoms with Gasteiger partial charge in [0.25, 0.3) is 5.91 Å². The molecule has 2 aromatic rings. The van der Waals surface area contributed by atoms with Crippen LogP contribution in [0, 0.1) is 5.92 Å². The first-order valence-corrected chi connectivity index (χ1v) is 8.32. The van der Waals surface area contributed by atoms with E-state index < -0.39 is 0 Å². The summed E-state index contributed by atoms with van der Waals surface area (Å²) in [6.07, 6.45) is 0.994. The Morgan fingerprint density at radius 2 is 1.68 bits per heavy atom. The van der Waals surface area contributed by atoms with Gasteiger partial charge in [-0.1, -0.05) is 13.8 Å². The summed E-state index contributed by atoms with van der Waals surface area (Å²) in [5, 5.41) is 13.4. The molecule has 2 N–H and O–H groups in total. The maximum absolute atomic E-state index is 12.2. The third kappa shape index (κ3) is 5.95. The van der Waals surface area contributed by atoms with Crippen LogP contribution in [-0.4, -0.2) is 23.3 Å². The Morgan fingerprint density at radius 3 is 2.28 bits per heavy atom. The lowest BCUT2D eigenvalue weighted by Gasteiger charge is -2.08. The minimum atomic E-state index is -0.285. The smallest absolute Gasteiger partial charge is 0.271 e. The van der Waals surface area contributed by atoms with E-state index in [1.165, 1.54) is 0 Å². The minimum Gasteiger partial charge on any atom is -0.508 e. The number of hydrazone groups is 1. The number of aromatic hydroxyl groups is 1. The zero-order valence-corrected chi connectivity index (χ0v) is 14.8. The van der Waals surface area contributed by atoms with Crippen molar-refractivity contribution in [2.45, 2.75) is 27.2 Å². The summed E-state index contributed by atoms with van der Waals surface area (Å²) >= 11 is 0. The first-order chi connectivity index (χ1) is 12.0. The molecule has 0 saturated carbocycles. The van der Waals surface area contributed by atoms with E-state index in [4.69, 9.17) is 4.74 Å². The molecule has 132 valence electrons. The SMILES string of the molecule is C/C(=N\NC(=O)c1ccc(OCCC(C)C)cc1)c1ccc(O)cc1. The molecule has 0 unspecified atom stereocenters. The van der Waals surface area contributed by atoms with E-state index in [0.29, 0.717) is 23.8 Å². The van der Waals surface area contributed by atoms with Crippen molar-refractivity contribution in [1.29, 1.82) is 0 Å². The van der Waals surface area contributed by atoms with E-state index in [9.17, 15) is 9.90 Å². The van der Waals surface area contributed by atoms with Crippen molar-refractivity contribution in [2.24, 2.45) is 11.0 Å². The quantitative estimate of drug-likeness (QED) is 0.592. The molecule has 0 aliphatic rings. The Hall–Kier alpha value is -2.82. The molecule has 5 heteroatoms. The van der Waals surface area contributed by atoms with Gasteiger partial charge in [0.1, 0.15) is 11.5 Å². The molecule has 0 radical (unpaired) electrons. The van der Waals surface area contributed by atoms with Crippen molar-refractivity contribution >= 4 is 11.6 Å². The predicted molar refractivity (Wildman–Crippen MR) is 99.2 cm³/mol. The van der Waals surface area contributed by atoms with E-state index in [0.717, 1.165) is 17.7 Å². The summed E-state index contributed by atoms with van der Waals surface area (Å²) in [7, 11) is 0. The number of nitrogens with zero attached hydrogens (tertiary/aromatic N) is 1. The van der Waals surface area contributed by atoms with Gasteiger partial charge < -0.3 is 9.84 Å². The maximum Gasteiger partial charge on any atom is 0.271 e. The van der Waals surface area contributed by atoms with Crippen LogP contribution in [0.1, 0.15) is 43.1 Å². The topological polar surface area (TPSA) is 70.9 Å². The molecule has 2 aromatic carbocycles. The lowest BCUT2D eigenvalue weighted by molar-refractivity contribution is 0.0955. The highest BCUT2D eigenvalue weighted by Crippen LogP contribution is 2.14. The molecule has 0 atom stereocenters.